The maximum Gasteiger partial charge on any atom is 0.228 e. The van der Waals surface area contributed by atoms with Crippen LogP contribution in [-0.2, 0) is 16.1 Å². The van der Waals surface area contributed by atoms with Gasteiger partial charge in [0.25, 0.3) is 0 Å². The SMILES string of the molecule is COCC1(C(=O)NCc2cccc(C)c2C)CC1. The molecule has 0 spiro atoms. The van der Waals surface area contributed by atoms with Gasteiger partial charge in [-0.25, -0.2) is 0 Å². The first kappa shape index (κ1) is 13.1. The summed E-state index contributed by atoms with van der Waals surface area (Å²) in [6.45, 7) is 5.33. The summed E-state index contributed by atoms with van der Waals surface area (Å²) < 4.78 is 5.12. The highest BCUT2D eigenvalue weighted by molar-refractivity contribution is 5.85. The van der Waals surface area contributed by atoms with Crippen LogP contribution >= 0.6 is 0 Å². The number of carbonyl (C=O) groups is 1. The second-order valence-corrected chi connectivity index (χ2v) is 5.26. The second-order valence-electron chi connectivity index (χ2n) is 5.26. The van der Waals surface area contributed by atoms with Crippen LogP contribution in [0.4, 0.5) is 0 Å². The molecule has 1 saturated carbocycles. The molecule has 1 aromatic rings. The zero-order valence-corrected chi connectivity index (χ0v) is 11.4. The number of hydrogen-bond donors (Lipinski definition) is 1. The number of hydrogen-bond acceptors (Lipinski definition) is 2. The van der Waals surface area contributed by atoms with E-state index in [4.69, 9.17) is 4.74 Å². The topological polar surface area (TPSA) is 38.3 Å². The van der Waals surface area contributed by atoms with Crippen molar-refractivity contribution in [3.05, 3.63) is 34.9 Å². The van der Waals surface area contributed by atoms with Gasteiger partial charge in [0.2, 0.25) is 5.91 Å². The largest absolute Gasteiger partial charge is 0.384 e. The van der Waals surface area contributed by atoms with Gasteiger partial charge >= 0.3 is 0 Å². The fraction of sp³-hybridized carbons (Fsp3) is 0.533. The zero-order chi connectivity index (χ0) is 13.2. The monoisotopic (exact) mass is 247 g/mol. The van der Waals surface area contributed by atoms with Gasteiger partial charge in [0.15, 0.2) is 0 Å². The van der Waals surface area contributed by atoms with Crippen molar-refractivity contribution in [2.75, 3.05) is 13.7 Å². The van der Waals surface area contributed by atoms with Crippen LogP contribution < -0.4 is 5.32 Å². The minimum Gasteiger partial charge on any atom is -0.384 e. The average Bonchev–Trinajstić information content (AvgIpc) is 3.12. The summed E-state index contributed by atoms with van der Waals surface area (Å²) in [5, 5.41) is 3.04. The predicted molar refractivity (Wildman–Crippen MR) is 71.3 cm³/mol. The molecule has 0 aromatic heterocycles. The Morgan fingerprint density at radius 1 is 1.39 bits per heavy atom. The van der Waals surface area contributed by atoms with E-state index < -0.39 is 0 Å². The molecule has 1 fully saturated rings. The molecule has 0 saturated heterocycles. The van der Waals surface area contributed by atoms with Gasteiger partial charge in [-0.2, -0.15) is 0 Å². The number of nitrogens with one attached hydrogen (secondary N) is 1. The minimum atomic E-state index is -0.244. The highest BCUT2D eigenvalue weighted by Crippen LogP contribution is 2.45. The first-order valence-corrected chi connectivity index (χ1v) is 6.41. The molecule has 98 valence electrons. The van der Waals surface area contributed by atoms with Gasteiger partial charge in [0.05, 0.1) is 12.0 Å². The van der Waals surface area contributed by atoms with Crippen molar-refractivity contribution in [1.82, 2.24) is 5.32 Å². The molecular weight excluding hydrogens is 226 g/mol. The molecule has 0 atom stereocenters. The van der Waals surface area contributed by atoms with Gasteiger partial charge in [-0.05, 0) is 43.4 Å². The number of carbonyl (C=O) groups excluding carboxylic acids is 1. The van der Waals surface area contributed by atoms with E-state index >= 15 is 0 Å². The number of methoxy groups -OCH3 is 1. The highest BCUT2D eigenvalue weighted by atomic mass is 16.5. The van der Waals surface area contributed by atoms with Crippen LogP contribution in [0.2, 0.25) is 0 Å². The summed E-state index contributed by atoms with van der Waals surface area (Å²) in [6.07, 6.45) is 1.89. The molecule has 0 bridgehead atoms. The van der Waals surface area contributed by atoms with Gasteiger partial charge < -0.3 is 10.1 Å². The van der Waals surface area contributed by atoms with Gasteiger partial charge in [0.1, 0.15) is 0 Å². The third-order valence-corrected chi connectivity index (χ3v) is 3.91. The quantitative estimate of drug-likeness (QED) is 0.867. The Morgan fingerprint density at radius 2 is 2.11 bits per heavy atom. The van der Waals surface area contributed by atoms with Crippen molar-refractivity contribution >= 4 is 5.91 Å². The number of aryl methyl sites for hydroxylation is 1. The third-order valence-electron chi connectivity index (χ3n) is 3.91. The molecule has 1 aromatic carbocycles. The van der Waals surface area contributed by atoms with Gasteiger partial charge in [-0.3, -0.25) is 4.79 Å². The third kappa shape index (κ3) is 2.56. The molecule has 2 rings (SSSR count). The van der Waals surface area contributed by atoms with E-state index in [-0.39, 0.29) is 11.3 Å². The van der Waals surface area contributed by atoms with E-state index in [0.717, 1.165) is 12.8 Å². The molecule has 3 nitrogen and oxygen atoms in total. The summed E-state index contributed by atoms with van der Waals surface area (Å²) in [7, 11) is 1.65. The Kier molecular flexibility index (Phi) is 3.71. The van der Waals surface area contributed by atoms with Crippen molar-refractivity contribution in [3.8, 4) is 0 Å². The smallest absolute Gasteiger partial charge is 0.228 e. The Hall–Kier alpha value is -1.35. The summed E-state index contributed by atoms with van der Waals surface area (Å²) >= 11 is 0. The van der Waals surface area contributed by atoms with Crippen LogP contribution in [0.5, 0.6) is 0 Å². The average molecular weight is 247 g/mol. The molecule has 1 aliphatic rings. The first-order valence-electron chi connectivity index (χ1n) is 6.41. The van der Waals surface area contributed by atoms with Gasteiger partial charge in [0, 0.05) is 13.7 Å². The van der Waals surface area contributed by atoms with E-state index in [9.17, 15) is 4.79 Å². The lowest BCUT2D eigenvalue weighted by Gasteiger charge is -2.15. The van der Waals surface area contributed by atoms with Crippen LogP contribution in [0.3, 0.4) is 0 Å². The summed E-state index contributed by atoms with van der Waals surface area (Å²) in [6, 6.07) is 6.19. The van der Waals surface area contributed by atoms with Crippen molar-refractivity contribution < 1.29 is 9.53 Å². The van der Waals surface area contributed by atoms with Crippen molar-refractivity contribution in [2.24, 2.45) is 5.41 Å². The van der Waals surface area contributed by atoms with Crippen molar-refractivity contribution in [2.45, 2.75) is 33.2 Å². The number of benzene rings is 1. The Bertz CT molecular complexity index is 450. The second kappa shape index (κ2) is 5.11. The van der Waals surface area contributed by atoms with Crippen LogP contribution in [0.1, 0.15) is 29.5 Å². The summed E-state index contributed by atoms with van der Waals surface area (Å²) in [4.78, 5) is 12.1. The molecule has 1 N–H and O–H groups in total. The molecular formula is C15H21NO2. The molecule has 0 aliphatic heterocycles. The van der Waals surface area contributed by atoms with Crippen LogP contribution in [0.25, 0.3) is 0 Å². The fourth-order valence-electron chi connectivity index (χ4n) is 2.23. The highest BCUT2D eigenvalue weighted by Gasteiger charge is 2.49. The van der Waals surface area contributed by atoms with Gasteiger partial charge in [-0.15, -0.1) is 0 Å². The predicted octanol–water partition coefficient (Wildman–Crippen LogP) is 2.35. The molecule has 1 aliphatic carbocycles. The molecule has 1 amide bonds. The lowest BCUT2D eigenvalue weighted by atomic mass is 10.0. The van der Waals surface area contributed by atoms with Crippen LogP contribution in [0.15, 0.2) is 18.2 Å². The zero-order valence-electron chi connectivity index (χ0n) is 11.4. The van der Waals surface area contributed by atoms with E-state index in [1.807, 2.05) is 6.07 Å². The van der Waals surface area contributed by atoms with E-state index in [0.29, 0.717) is 13.2 Å². The lowest BCUT2D eigenvalue weighted by molar-refractivity contribution is -0.128. The molecule has 0 heterocycles. The molecule has 3 heteroatoms. The van der Waals surface area contributed by atoms with Crippen molar-refractivity contribution in [1.29, 1.82) is 0 Å². The van der Waals surface area contributed by atoms with E-state index in [1.165, 1.54) is 16.7 Å². The normalized spacial score (nSPS) is 16.4. The van der Waals surface area contributed by atoms with Gasteiger partial charge in [-0.1, -0.05) is 18.2 Å². The standard InChI is InChI=1S/C15H21NO2/c1-11-5-4-6-13(12(11)2)9-16-14(17)15(7-8-15)10-18-3/h4-6H,7-10H2,1-3H3,(H,16,17). The molecule has 18 heavy (non-hydrogen) atoms. The fourth-order valence-corrected chi connectivity index (χ4v) is 2.23. The minimum absolute atomic E-state index is 0.130. The maximum absolute atomic E-state index is 12.1. The molecule has 0 radical (unpaired) electrons. The summed E-state index contributed by atoms with van der Waals surface area (Å²) in [5.41, 5.74) is 3.47. The Morgan fingerprint density at radius 3 is 2.72 bits per heavy atom. The lowest BCUT2D eigenvalue weighted by Crippen LogP contribution is -2.34. The Balaban J connectivity index is 1.96. The van der Waals surface area contributed by atoms with Crippen LogP contribution in [-0.4, -0.2) is 19.6 Å². The number of ether oxygens (including phenoxy) is 1. The van der Waals surface area contributed by atoms with Crippen LogP contribution in [0, 0.1) is 19.3 Å². The Labute approximate surface area is 109 Å². The molecule has 0 unspecified atom stereocenters. The maximum atomic E-state index is 12.1. The van der Waals surface area contributed by atoms with E-state index in [1.54, 1.807) is 7.11 Å². The van der Waals surface area contributed by atoms with Crippen molar-refractivity contribution in [3.63, 3.8) is 0 Å². The first-order chi connectivity index (χ1) is 8.59. The van der Waals surface area contributed by atoms with E-state index in [2.05, 4.69) is 31.3 Å². The summed E-state index contributed by atoms with van der Waals surface area (Å²) in [5.74, 6) is 0.130. The number of amides is 1. The number of rotatable bonds is 5.